The van der Waals surface area contributed by atoms with Crippen LogP contribution in [0.15, 0.2) is 12.2 Å². The first kappa shape index (κ1) is 17.7. The van der Waals surface area contributed by atoms with Crippen molar-refractivity contribution >= 4 is 11.9 Å². The Morgan fingerprint density at radius 1 is 1.14 bits per heavy atom. The summed E-state index contributed by atoms with van der Waals surface area (Å²) in [6.45, 7) is 0.00567. The predicted molar refractivity (Wildman–Crippen MR) is 77.5 cm³/mol. The number of carbonyl (C=O) groups excluding carboxylic acids is 2. The molecular formula is C15H25NO5. The molecule has 0 saturated heterocycles. The van der Waals surface area contributed by atoms with Crippen LogP contribution >= 0.6 is 0 Å². The Labute approximate surface area is 125 Å². The summed E-state index contributed by atoms with van der Waals surface area (Å²) in [5.41, 5.74) is 0. The SMILES string of the molecule is O=C(CCC(=O)N(CCO)CCO)OC1C=CCCCC1. The number of allylic oxidation sites excluding steroid dienone is 1. The molecule has 2 N–H and O–H groups in total. The second-order valence-corrected chi connectivity index (χ2v) is 5.07. The van der Waals surface area contributed by atoms with Crippen LogP contribution in [-0.2, 0) is 14.3 Å². The maximum Gasteiger partial charge on any atom is 0.306 e. The molecule has 0 aromatic rings. The highest BCUT2D eigenvalue weighted by atomic mass is 16.5. The standard InChI is InChI=1S/C15H25NO5/c17-11-9-16(10-12-18)14(19)7-8-15(20)21-13-5-3-1-2-4-6-13/h3,5,13,17-18H,1-2,4,6-12H2. The average Bonchev–Trinajstić information content (AvgIpc) is 2.73. The molecular weight excluding hydrogens is 274 g/mol. The number of esters is 1. The normalized spacial score (nSPS) is 18.1. The Kier molecular flexibility index (Phi) is 8.69. The molecule has 6 nitrogen and oxygen atoms in total. The third kappa shape index (κ3) is 7.24. The summed E-state index contributed by atoms with van der Waals surface area (Å²) in [7, 11) is 0. The van der Waals surface area contributed by atoms with Crippen LogP contribution in [0.25, 0.3) is 0 Å². The summed E-state index contributed by atoms with van der Waals surface area (Å²) in [5.74, 6) is -0.640. The van der Waals surface area contributed by atoms with E-state index in [9.17, 15) is 9.59 Å². The molecule has 1 aliphatic rings. The minimum Gasteiger partial charge on any atom is -0.458 e. The lowest BCUT2D eigenvalue weighted by Gasteiger charge is -2.20. The number of nitrogens with zero attached hydrogens (tertiary/aromatic N) is 1. The molecule has 0 spiro atoms. The van der Waals surface area contributed by atoms with Gasteiger partial charge in [-0.05, 0) is 31.8 Å². The van der Waals surface area contributed by atoms with Crippen molar-refractivity contribution in [3.8, 4) is 0 Å². The molecule has 0 heterocycles. The van der Waals surface area contributed by atoms with Crippen molar-refractivity contribution in [2.24, 2.45) is 0 Å². The summed E-state index contributed by atoms with van der Waals surface area (Å²) in [6.07, 6.45) is 7.82. The molecule has 0 aromatic heterocycles. The van der Waals surface area contributed by atoms with Gasteiger partial charge in [-0.15, -0.1) is 0 Å². The van der Waals surface area contributed by atoms with E-state index in [0.717, 1.165) is 25.7 Å². The molecule has 21 heavy (non-hydrogen) atoms. The van der Waals surface area contributed by atoms with Gasteiger partial charge in [-0.25, -0.2) is 0 Å². The first-order chi connectivity index (χ1) is 10.2. The molecule has 0 fully saturated rings. The number of hydrogen-bond acceptors (Lipinski definition) is 5. The van der Waals surface area contributed by atoms with Gasteiger partial charge in [0.2, 0.25) is 5.91 Å². The lowest BCUT2D eigenvalue weighted by atomic mass is 10.2. The number of hydrogen-bond donors (Lipinski definition) is 2. The number of aliphatic hydroxyl groups is 2. The van der Waals surface area contributed by atoms with Crippen LogP contribution in [0.5, 0.6) is 0 Å². The monoisotopic (exact) mass is 299 g/mol. The molecule has 1 amide bonds. The van der Waals surface area contributed by atoms with Gasteiger partial charge in [-0.2, -0.15) is 0 Å². The quantitative estimate of drug-likeness (QED) is 0.507. The Morgan fingerprint density at radius 3 is 2.52 bits per heavy atom. The predicted octanol–water partition coefficient (Wildman–Crippen LogP) is 0.622. The van der Waals surface area contributed by atoms with E-state index in [4.69, 9.17) is 14.9 Å². The van der Waals surface area contributed by atoms with Gasteiger partial charge in [0.05, 0.1) is 19.6 Å². The first-order valence-corrected chi connectivity index (χ1v) is 7.53. The van der Waals surface area contributed by atoms with E-state index < -0.39 is 0 Å². The van der Waals surface area contributed by atoms with Crippen LogP contribution < -0.4 is 0 Å². The Hall–Kier alpha value is -1.40. The zero-order chi connectivity index (χ0) is 15.5. The van der Waals surface area contributed by atoms with E-state index in [2.05, 4.69) is 0 Å². The van der Waals surface area contributed by atoms with E-state index in [1.165, 1.54) is 4.90 Å². The number of amides is 1. The van der Waals surface area contributed by atoms with Gasteiger partial charge in [0, 0.05) is 19.5 Å². The van der Waals surface area contributed by atoms with Crippen molar-refractivity contribution in [1.82, 2.24) is 4.90 Å². The first-order valence-electron chi connectivity index (χ1n) is 7.53. The van der Waals surface area contributed by atoms with E-state index in [-0.39, 0.29) is 57.1 Å². The summed E-state index contributed by atoms with van der Waals surface area (Å²) < 4.78 is 5.33. The number of aliphatic hydroxyl groups excluding tert-OH is 2. The van der Waals surface area contributed by atoms with Crippen molar-refractivity contribution in [2.75, 3.05) is 26.3 Å². The lowest BCUT2D eigenvalue weighted by Crippen LogP contribution is -2.36. The second-order valence-electron chi connectivity index (χ2n) is 5.07. The van der Waals surface area contributed by atoms with E-state index >= 15 is 0 Å². The minimum absolute atomic E-state index is 0.0243. The third-order valence-corrected chi connectivity index (χ3v) is 3.38. The zero-order valence-electron chi connectivity index (χ0n) is 12.4. The topological polar surface area (TPSA) is 87.1 Å². The Balaban J connectivity index is 2.31. The van der Waals surface area contributed by atoms with Gasteiger partial charge in [-0.3, -0.25) is 9.59 Å². The highest BCUT2D eigenvalue weighted by Gasteiger charge is 2.17. The smallest absolute Gasteiger partial charge is 0.306 e. The van der Waals surface area contributed by atoms with E-state index in [1.807, 2.05) is 12.2 Å². The summed E-state index contributed by atoms with van der Waals surface area (Å²) in [5, 5.41) is 17.7. The molecule has 6 heteroatoms. The van der Waals surface area contributed by atoms with Crippen molar-refractivity contribution in [3.63, 3.8) is 0 Å². The number of rotatable bonds is 8. The lowest BCUT2D eigenvalue weighted by molar-refractivity contribution is -0.149. The van der Waals surface area contributed by atoms with Crippen molar-refractivity contribution in [3.05, 3.63) is 12.2 Å². The summed E-state index contributed by atoms with van der Waals surface area (Å²) >= 11 is 0. The van der Waals surface area contributed by atoms with Gasteiger partial charge in [0.15, 0.2) is 0 Å². The molecule has 0 saturated carbocycles. The zero-order valence-corrected chi connectivity index (χ0v) is 12.4. The molecule has 0 aliphatic heterocycles. The van der Waals surface area contributed by atoms with Crippen molar-refractivity contribution < 1.29 is 24.5 Å². The van der Waals surface area contributed by atoms with Gasteiger partial charge in [-0.1, -0.05) is 6.08 Å². The Morgan fingerprint density at radius 2 is 1.86 bits per heavy atom. The highest BCUT2D eigenvalue weighted by molar-refractivity contribution is 5.81. The molecule has 0 aromatic carbocycles. The maximum atomic E-state index is 11.9. The summed E-state index contributed by atoms with van der Waals surface area (Å²) in [4.78, 5) is 24.9. The van der Waals surface area contributed by atoms with Crippen molar-refractivity contribution in [1.29, 1.82) is 0 Å². The highest BCUT2D eigenvalue weighted by Crippen LogP contribution is 2.14. The molecule has 0 radical (unpaired) electrons. The van der Waals surface area contributed by atoms with Gasteiger partial charge >= 0.3 is 5.97 Å². The minimum atomic E-state index is -0.382. The van der Waals surface area contributed by atoms with Crippen LogP contribution in [0.1, 0.15) is 38.5 Å². The molecule has 1 unspecified atom stereocenters. The molecule has 1 atom stereocenters. The number of carbonyl (C=O) groups is 2. The van der Waals surface area contributed by atoms with Crippen molar-refractivity contribution in [2.45, 2.75) is 44.6 Å². The van der Waals surface area contributed by atoms with E-state index in [1.54, 1.807) is 0 Å². The fourth-order valence-corrected chi connectivity index (χ4v) is 2.25. The van der Waals surface area contributed by atoms with Crippen LogP contribution in [0.4, 0.5) is 0 Å². The van der Waals surface area contributed by atoms with Gasteiger partial charge in [0.1, 0.15) is 6.10 Å². The van der Waals surface area contributed by atoms with E-state index in [0.29, 0.717) is 0 Å². The molecule has 120 valence electrons. The van der Waals surface area contributed by atoms with Gasteiger partial charge in [0.25, 0.3) is 0 Å². The van der Waals surface area contributed by atoms with Crippen LogP contribution in [-0.4, -0.2) is 59.4 Å². The fraction of sp³-hybridized carbons (Fsp3) is 0.733. The Bertz CT molecular complexity index is 350. The molecule has 0 bridgehead atoms. The molecule has 1 rings (SSSR count). The van der Waals surface area contributed by atoms with Crippen LogP contribution in [0, 0.1) is 0 Å². The summed E-state index contributed by atoms with van der Waals surface area (Å²) in [6, 6.07) is 0. The maximum absolute atomic E-state index is 11.9. The van der Waals surface area contributed by atoms with Crippen LogP contribution in [0.2, 0.25) is 0 Å². The average molecular weight is 299 g/mol. The molecule has 1 aliphatic carbocycles. The second kappa shape index (κ2) is 10.3. The van der Waals surface area contributed by atoms with Gasteiger partial charge < -0.3 is 19.8 Å². The largest absolute Gasteiger partial charge is 0.458 e. The number of ether oxygens (including phenoxy) is 1. The van der Waals surface area contributed by atoms with Crippen LogP contribution in [0.3, 0.4) is 0 Å². The fourth-order valence-electron chi connectivity index (χ4n) is 2.25. The third-order valence-electron chi connectivity index (χ3n) is 3.38.